The van der Waals surface area contributed by atoms with Crippen LogP contribution in [0.1, 0.15) is 23.6 Å². The zero-order valence-electron chi connectivity index (χ0n) is 17.4. The van der Waals surface area contributed by atoms with Crippen LogP contribution in [0.3, 0.4) is 0 Å². The minimum Gasteiger partial charge on any atom is -0.464 e. The molecule has 0 saturated heterocycles. The molecule has 0 aliphatic rings. The van der Waals surface area contributed by atoms with Crippen molar-refractivity contribution in [2.24, 2.45) is 0 Å². The number of aliphatic hydroxyl groups excluding tert-OH is 1. The summed E-state index contributed by atoms with van der Waals surface area (Å²) in [5, 5.41) is 11.0. The first-order chi connectivity index (χ1) is 14.7. The van der Waals surface area contributed by atoms with Gasteiger partial charge in [-0.1, -0.05) is 91.0 Å². The van der Waals surface area contributed by atoms with Crippen LogP contribution in [-0.4, -0.2) is 34.7 Å². The Balaban J connectivity index is 1.93. The van der Waals surface area contributed by atoms with Gasteiger partial charge < -0.3 is 9.84 Å². The lowest BCUT2D eigenvalue weighted by Gasteiger charge is -2.34. The van der Waals surface area contributed by atoms with Gasteiger partial charge in [-0.15, -0.1) is 0 Å². The van der Waals surface area contributed by atoms with E-state index in [0.717, 1.165) is 16.7 Å². The van der Waals surface area contributed by atoms with Crippen LogP contribution in [0.25, 0.3) is 0 Å². The Kier molecular flexibility index (Phi) is 8.19. The molecule has 3 aromatic rings. The highest BCUT2D eigenvalue weighted by molar-refractivity contribution is 5.75. The highest BCUT2D eigenvalue weighted by atomic mass is 16.5. The summed E-state index contributed by atoms with van der Waals surface area (Å²) in [5.74, 6) is -0.579. The minimum absolute atomic E-state index is 0.241. The number of rotatable bonds is 10. The van der Waals surface area contributed by atoms with E-state index in [1.54, 1.807) is 6.92 Å². The molecule has 3 aromatic carbocycles. The molecule has 1 N–H and O–H groups in total. The van der Waals surface area contributed by atoms with Crippen molar-refractivity contribution in [2.75, 3.05) is 6.61 Å². The zero-order chi connectivity index (χ0) is 21.2. The van der Waals surface area contributed by atoms with E-state index in [1.807, 2.05) is 66.7 Å². The molecular formula is C26H29NO3. The molecule has 30 heavy (non-hydrogen) atoms. The Morgan fingerprint density at radius 1 is 0.800 bits per heavy atom. The number of carbonyl (C=O) groups excluding carboxylic acids is 1. The number of aliphatic hydroxyl groups is 1. The summed E-state index contributed by atoms with van der Waals surface area (Å²) >= 11 is 0. The second kappa shape index (κ2) is 11.3. The van der Waals surface area contributed by atoms with Crippen molar-refractivity contribution < 1.29 is 14.6 Å². The van der Waals surface area contributed by atoms with Gasteiger partial charge in [0, 0.05) is 13.1 Å². The number of hydrogen-bond donors (Lipinski definition) is 1. The molecule has 3 rings (SSSR count). The fourth-order valence-electron chi connectivity index (χ4n) is 3.61. The van der Waals surface area contributed by atoms with E-state index in [2.05, 4.69) is 29.2 Å². The van der Waals surface area contributed by atoms with Crippen LogP contribution < -0.4 is 0 Å². The molecule has 0 aromatic heterocycles. The summed E-state index contributed by atoms with van der Waals surface area (Å²) in [6.45, 7) is 3.22. The molecule has 2 atom stereocenters. The first-order valence-corrected chi connectivity index (χ1v) is 10.4. The standard InChI is InChI=1S/C26H29NO3/c1-2-30-26(29)25(28)24(18-21-12-6-3-7-13-21)27(19-22-14-8-4-9-15-22)20-23-16-10-5-11-17-23/h3-17,24-25,28H,2,18-20H2,1H3. The Morgan fingerprint density at radius 2 is 1.23 bits per heavy atom. The number of ether oxygens (including phenoxy) is 1. The molecule has 156 valence electrons. The molecule has 0 aliphatic carbocycles. The van der Waals surface area contributed by atoms with E-state index in [1.165, 1.54) is 0 Å². The minimum atomic E-state index is -1.24. The molecule has 0 amide bonds. The van der Waals surface area contributed by atoms with E-state index in [-0.39, 0.29) is 6.61 Å². The summed E-state index contributed by atoms with van der Waals surface area (Å²) in [7, 11) is 0. The molecule has 0 heterocycles. The summed E-state index contributed by atoms with van der Waals surface area (Å²) in [5.41, 5.74) is 3.32. The first-order valence-electron chi connectivity index (χ1n) is 10.4. The third kappa shape index (κ3) is 6.28. The monoisotopic (exact) mass is 403 g/mol. The number of carbonyl (C=O) groups is 1. The van der Waals surface area contributed by atoms with Crippen molar-refractivity contribution in [3.8, 4) is 0 Å². The number of hydrogen-bond acceptors (Lipinski definition) is 4. The third-order valence-corrected chi connectivity index (χ3v) is 5.11. The second-order valence-electron chi connectivity index (χ2n) is 7.33. The van der Waals surface area contributed by atoms with Crippen molar-refractivity contribution in [3.05, 3.63) is 108 Å². The van der Waals surface area contributed by atoms with Gasteiger partial charge in [0.15, 0.2) is 6.10 Å². The number of nitrogens with zero attached hydrogens (tertiary/aromatic N) is 1. The van der Waals surface area contributed by atoms with Crippen LogP contribution in [0.2, 0.25) is 0 Å². The third-order valence-electron chi connectivity index (χ3n) is 5.11. The average molecular weight is 404 g/mol. The van der Waals surface area contributed by atoms with Crippen LogP contribution >= 0.6 is 0 Å². The van der Waals surface area contributed by atoms with E-state index in [9.17, 15) is 9.90 Å². The van der Waals surface area contributed by atoms with Crippen LogP contribution in [0.5, 0.6) is 0 Å². The Hall–Kier alpha value is -2.95. The molecular weight excluding hydrogens is 374 g/mol. The zero-order valence-corrected chi connectivity index (χ0v) is 17.4. The van der Waals surface area contributed by atoms with Gasteiger partial charge in [0.2, 0.25) is 0 Å². The van der Waals surface area contributed by atoms with Gasteiger partial charge in [0.05, 0.1) is 12.6 Å². The normalized spacial score (nSPS) is 13.0. The van der Waals surface area contributed by atoms with E-state index in [0.29, 0.717) is 19.5 Å². The summed E-state index contributed by atoms with van der Waals surface area (Å²) in [4.78, 5) is 14.7. The number of esters is 1. The molecule has 0 fully saturated rings. The van der Waals surface area contributed by atoms with Gasteiger partial charge in [0.25, 0.3) is 0 Å². The van der Waals surface area contributed by atoms with E-state index in [4.69, 9.17) is 4.74 Å². The maximum absolute atomic E-state index is 12.5. The Morgan fingerprint density at radius 3 is 1.67 bits per heavy atom. The van der Waals surface area contributed by atoms with Gasteiger partial charge in [-0.3, -0.25) is 4.90 Å². The largest absolute Gasteiger partial charge is 0.464 e. The van der Waals surface area contributed by atoms with E-state index < -0.39 is 18.1 Å². The fourth-order valence-corrected chi connectivity index (χ4v) is 3.61. The quantitative estimate of drug-likeness (QED) is 0.515. The van der Waals surface area contributed by atoms with Crippen LogP contribution in [0.4, 0.5) is 0 Å². The van der Waals surface area contributed by atoms with Crippen LogP contribution in [0.15, 0.2) is 91.0 Å². The fraction of sp³-hybridized carbons (Fsp3) is 0.269. The van der Waals surface area contributed by atoms with Crippen LogP contribution in [0, 0.1) is 0 Å². The predicted molar refractivity (Wildman–Crippen MR) is 119 cm³/mol. The Bertz CT molecular complexity index is 842. The summed E-state index contributed by atoms with van der Waals surface area (Å²) in [6, 6.07) is 29.8. The molecule has 2 unspecified atom stereocenters. The van der Waals surface area contributed by atoms with Gasteiger partial charge in [-0.25, -0.2) is 4.79 Å². The van der Waals surface area contributed by atoms with Crippen molar-refractivity contribution >= 4 is 5.97 Å². The van der Waals surface area contributed by atoms with Crippen molar-refractivity contribution in [2.45, 2.75) is 38.6 Å². The lowest BCUT2D eigenvalue weighted by Crippen LogP contribution is -2.48. The van der Waals surface area contributed by atoms with Crippen molar-refractivity contribution in [3.63, 3.8) is 0 Å². The molecule has 0 aliphatic heterocycles. The van der Waals surface area contributed by atoms with E-state index >= 15 is 0 Å². The predicted octanol–water partition coefficient (Wildman–Crippen LogP) is 4.22. The number of benzene rings is 3. The average Bonchev–Trinajstić information content (AvgIpc) is 2.79. The van der Waals surface area contributed by atoms with Gasteiger partial charge in [0.1, 0.15) is 0 Å². The smallest absolute Gasteiger partial charge is 0.336 e. The maximum Gasteiger partial charge on any atom is 0.336 e. The van der Waals surface area contributed by atoms with Gasteiger partial charge in [-0.2, -0.15) is 0 Å². The van der Waals surface area contributed by atoms with Crippen molar-refractivity contribution in [1.82, 2.24) is 4.90 Å². The highest BCUT2D eigenvalue weighted by Gasteiger charge is 2.32. The van der Waals surface area contributed by atoms with Gasteiger partial charge >= 0.3 is 5.97 Å². The molecule has 0 spiro atoms. The molecule has 0 saturated carbocycles. The van der Waals surface area contributed by atoms with Gasteiger partial charge in [-0.05, 0) is 30.0 Å². The molecule has 4 heteroatoms. The molecule has 4 nitrogen and oxygen atoms in total. The lowest BCUT2D eigenvalue weighted by molar-refractivity contribution is -0.157. The second-order valence-corrected chi connectivity index (χ2v) is 7.33. The van der Waals surface area contributed by atoms with Crippen LogP contribution in [-0.2, 0) is 29.0 Å². The summed E-state index contributed by atoms with van der Waals surface area (Å²) in [6.07, 6.45) is -0.696. The summed E-state index contributed by atoms with van der Waals surface area (Å²) < 4.78 is 5.16. The lowest BCUT2D eigenvalue weighted by atomic mass is 9.98. The van der Waals surface area contributed by atoms with Crippen molar-refractivity contribution in [1.29, 1.82) is 0 Å². The molecule has 0 radical (unpaired) electrons. The SMILES string of the molecule is CCOC(=O)C(O)C(Cc1ccccc1)N(Cc1ccccc1)Cc1ccccc1. The first kappa shape index (κ1) is 21.8. The molecule has 0 bridgehead atoms. The topological polar surface area (TPSA) is 49.8 Å². The highest BCUT2D eigenvalue weighted by Crippen LogP contribution is 2.20. The maximum atomic E-state index is 12.5. The Labute approximate surface area is 178 Å².